The van der Waals surface area contributed by atoms with Crippen LogP contribution in [0.15, 0.2) is 30.7 Å². The Bertz CT molecular complexity index is 855. The number of hydrogen-bond acceptors (Lipinski definition) is 6. The van der Waals surface area contributed by atoms with Gasteiger partial charge in [-0.05, 0) is 39.0 Å². The Kier molecular flexibility index (Phi) is 3.71. The fraction of sp³-hybridized carbons (Fsp3) is 0.389. The lowest BCUT2D eigenvalue weighted by Gasteiger charge is -2.23. The van der Waals surface area contributed by atoms with E-state index in [1.165, 1.54) is 0 Å². The number of benzene rings is 1. The van der Waals surface area contributed by atoms with Crippen molar-refractivity contribution in [2.45, 2.75) is 33.0 Å². The molecule has 0 amide bonds. The second kappa shape index (κ2) is 5.91. The summed E-state index contributed by atoms with van der Waals surface area (Å²) in [5.41, 5.74) is 2.58. The van der Waals surface area contributed by atoms with Gasteiger partial charge in [-0.25, -0.2) is 9.67 Å². The first kappa shape index (κ1) is 15.7. The molecule has 0 aliphatic carbocycles. The number of ether oxygens (including phenoxy) is 1. The van der Waals surface area contributed by atoms with Gasteiger partial charge in [0.25, 0.3) is 0 Å². The van der Waals surface area contributed by atoms with Crippen LogP contribution in [0.5, 0.6) is 5.75 Å². The van der Waals surface area contributed by atoms with E-state index in [0.29, 0.717) is 12.2 Å². The summed E-state index contributed by atoms with van der Waals surface area (Å²) >= 11 is 0. The van der Waals surface area contributed by atoms with Gasteiger partial charge in [-0.1, -0.05) is 0 Å². The van der Waals surface area contributed by atoms with Crippen molar-refractivity contribution in [2.75, 3.05) is 13.2 Å². The SMILES string of the molecule is CC(=O)c1ccc2c(c1)C1NC(c3ncnn3C(C)C)=CN1CCO2. The van der Waals surface area contributed by atoms with Crippen LogP contribution in [-0.4, -0.2) is 38.6 Å². The smallest absolute Gasteiger partial charge is 0.176 e. The van der Waals surface area contributed by atoms with Crippen molar-refractivity contribution >= 4 is 11.5 Å². The summed E-state index contributed by atoms with van der Waals surface area (Å²) in [7, 11) is 0. The number of hydrogen-bond donors (Lipinski definition) is 1. The summed E-state index contributed by atoms with van der Waals surface area (Å²) < 4.78 is 7.75. The summed E-state index contributed by atoms with van der Waals surface area (Å²) in [6.07, 6.45) is 3.56. The van der Waals surface area contributed by atoms with Gasteiger partial charge in [-0.15, -0.1) is 0 Å². The van der Waals surface area contributed by atoms with E-state index in [4.69, 9.17) is 4.74 Å². The van der Waals surface area contributed by atoms with Crippen LogP contribution in [0, 0.1) is 0 Å². The van der Waals surface area contributed by atoms with Gasteiger partial charge in [0.2, 0.25) is 0 Å². The third-order valence-electron chi connectivity index (χ3n) is 4.54. The highest BCUT2D eigenvalue weighted by molar-refractivity contribution is 5.94. The normalized spacial score (nSPS) is 18.8. The fourth-order valence-electron chi connectivity index (χ4n) is 3.27. The Morgan fingerprint density at radius 1 is 1.40 bits per heavy atom. The predicted molar refractivity (Wildman–Crippen MR) is 92.9 cm³/mol. The maximum Gasteiger partial charge on any atom is 0.176 e. The number of aromatic nitrogens is 3. The third-order valence-corrected chi connectivity index (χ3v) is 4.54. The topological polar surface area (TPSA) is 72.3 Å². The molecule has 0 saturated heterocycles. The lowest BCUT2D eigenvalue weighted by molar-refractivity contribution is 0.101. The lowest BCUT2D eigenvalue weighted by atomic mass is 10.0. The maximum absolute atomic E-state index is 11.8. The maximum atomic E-state index is 11.8. The van der Waals surface area contributed by atoms with Crippen molar-refractivity contribution < 1.29 is 9.53 Å². The summed E-state index contributed by atoms with van der Waals surface area (Å²) in [5.74, 6) is 1.67. The second-order valence-electron chi connectivity index (χ2n) is 6.61. The van der Waals surface area contributed by atoms with E-state index >= 15 is 0 Å². The summed E-state index contributed by atoms with van der Waals surface area (Å²) in [6.45, 7) is 7.07. The molecule has 4 rings (SSSR count). The molecule has 7 heteroatoms. The minimum atomic E-state index is -0.0795. The van der Waals surface area contributed by atoms with E-state index in [-0.39, 0.29) is 18.0 Å². The molecule has 7 nitrogen and oxygen atoms in total. The van der Waals surface area contributed by atoms with Crippen LogP contribution in [0.4, 0.5) is 0 Å². The summed E-state index contributed by atoms with van der Waals surface area (Å²) in [6, 6.07) is 5.83. The molecule has 0 radical (unpaired) electrons. The first-order valence-corrected chi connectivity index (χ1v) is 8.46. The van der Waals surface area contributed by atoms with Crippen molar-refractivity contribution in [3.8, 4) is 5.75 Å². The average Bonchev–Trinajstić information content (AvgIpc) is 3.18. The van der Waals surface area contributed by atoms with Crippen LogP contribution in [-0.2, 0) is 0 Å². The summed E-state index contributed by atoms with van der Waals surface area (Å²) in [4.78, 5) is 18.4. The largest absolute Gasteiger partial charge is 0.491 e. The number of carbonyl (C=O) groups excluding carboxylic acids is 1. The molecule has 1 aromatic carbocycles. The molecule has 1 atom stereocenters. The molecule has 0 bridgehead atoms. The Morgan fingerprint density at radius 3 is 3.00 bits per heavy atom. The van der Waals surface area contributed by atoms with Gasteiger partial charge in [0.1, 0.15) is 24.8 Å². The van der Waals surface area contributed by atoms with Crippen LogP contribution in [0.1, 0.15) is 54.7 Å². The quantitative estimate of drug-likeness (QED) is 0.866. The van der Waals surface area contributed by atoms with Crippen LogP contribution < -0.4 is 10.1 Å². The highest BCUT2D eigenvalue weighted by atomic mass is 16.5. The van der Waals surface area contributed by atoms with E-state index in [2.05, 4.69) is 40.3 Å². The Balaban J connectivity index is 1.72. The van der Waals surface area contributed by atoms with Gasteiger partial charge >= 0.3 is 0 Å². The lowest BCUT2D eigenvalue weighted by Crippen LogP contribution is -2.28. The van der Waals surface area contributed by atoms with E-state index in [1.807, 2.05) is 22.9 Å². The zero-order valence-electron chi connectivity index (χ0n) is 14.6. The molecule has 0 saturated carbocycles. The fourth-order valence-corrected chi connectivity index (χ4v) is 3.27. The van der Waals surface area contributed by atoms with Crippen LogP contribution in [0.3, 0.4) is 0 Å². The third kappa shape index (κ3) is 2.65. The van der Waals surface area contributed by atoms with Crippen molar-refractivity contribution in [3.05, 3.63) is 47.7 Å². The van der Waals surface area contributed by atoms with Gasteiger partial charge in [0, 0.05) is 23.4 Å². The van der Waals surface area contributed by atoms with Crippen molar-refractivity contribution in [2.24, 2.45) is 0 Å². The molecule has 2 aliphatic rings. The van der Waals surface area contributed by atoms with E-state index in [0.717, 1.165) is 29.4 Å². The second-order valence-corrected chi connectivity index (χ2v) is 6.61. The molecular formula is C18H21N5O2. The van der Waals surface area contributed by atoms with Crippen molar-refractivity contribution in [1.82, 2.24) is 25.0 Å². The Hall–Kier alpha value is -2.83. The molecule has 3 heterocycles. The van der Waals surface area contributed by atoms with E-state index in [9.17, 15) is 4.79 Å². The number of carbonyl (C=O) groups is 1. The van der Waals surface area contributed by atoms with Gasteiger partial charge < -0.3 is 15.0 Å². The van der Waals surface area contributed by atoms with Gasteiger partial charge in [0.15, 0.2) is 11.6 Å². The number of nitrogens with one attached hydrogen (secondary N) is 1. The molecule has 2 aromatic rings. The Morgan fingerprint density at radius 2 is 2.24 bits per heavy atom. The average molecular weight is 339 g/mol. The first-order chi connectivity index (χ1) is 12.0. The van der Waals surface area contributed by atoms with Gasteiger partial charge in [-0.2, -0.15) is 5.10 Å². The standard InChI is InChI=1S/C18H21N5O2/c1-11(2)23-18(19-10-20-23)15-9-22-6-7-25-16-5-4-13(12(3)24)8-14(16)17(22)21-15/h4-5,8-11,17,21H,6-7H2,1-3H3. The molecule has 0 spiro atoms. The molecule has 1 aromatic heterocycles. The monoisotopic (exact) mass is 339 g/mol. The Labute approximate surface area is 146 Å². The zero-order valence-corrected chi connectivity index (χ0v) is 14.6. The van der Waals surface area contributed by atoms with Crippen LogP contribution >= 0.6 is 0 Å². The molecule has 1 unspecified atom stereocenters. The number of Topliss-reactive ketones (excluding diaryl/α,β-unsaturated/α-hetero) is 1. The number of ketones is 1. The molecule has 130 valence electrons. The number of nitrogens with zero attached hydrogens (tertiary/aromatic N) is 4. The van der Waals surface area contributed by atoms with Gasteiger partial charge in [0.05, 0.1) is 12.2 Å². The highest BCUT2D eigenvalue weighted by Crippen LogP contribution is 2.37. The van der Waals surface area contributed by atoms with Crippen LogP contribution in [0.2, 0.25) is 0 Å². The highest BCUT2D eigenvalue weighted by Gasteiger charge is 2.32. The van der Waals surface area contributed by atoms with Gasteiger partial charge in [-0.3, -0.25) is 4.79 Å². The molecule has 0 fully saturated rings. The van der Waals surface area contributed by atoms with Crippen molar-refractivity contribution in [3.63, 3.8) is 0 Å². The molecular weight excluding hydrogens is 318 g/mol. The van der Waals surface area contributed by atoms with E-state index < -0.39 is 0 Å². The first-order valence-electron chi connectivity index (χ1n) is 8.46. The number of rotatable bonds is 3. The predicted octanol–water partition coefficient (Wildman–Crippen LogP) is 2.36. The van der Waals surface area contributed by atoms with E-state index in [1.54, 1.807) is 13.3 Å². The molecule has 2 aliphatic heterocycles. The minimum absolute atomic E-state index is 0.0457. The summed E-state index contributed by atoms with van der Waals surface area (Å²) in [5, 5.41) is 7.84. The minimum Gasteiger partial charge on any atom is -0.491 e. The van der Waals surface area contributed by atoms with Crippen molar-refractivity contribution in [1.29, 1.82) is 0 Å². The number of fused-ring (bicyclic) bond motifs is 3. The molecule has 25 heavy (non-hydrogen) atoms. The van der Waals surface area contributed by atoms with Crippen LogP contribution in [0.25, 0.3) is 5.70 Å². The molecule has 1 N–H and O–H groups in total. The zero-order chi connectivity index (χ0) is 17.6.